The molecular weight excluding hydrogens is 383 g/mol. The number of rotatable bonds is 4. The van der Waals surface area contributed by atoms with Gasteiger partial charge < -0.3 is 15.1 Å². The van der Waals surface area contributed by atoms with E-state index in [1.165, 1.54) is 30.8 Å². The number of hydrogen-bond donors (Lipinski definition) is 2. The highest BCUT2D eigenvalue weighted by Crippen LogP contribution is 2.27. The molecule has 2 aromatic heterocycles. The predicted molar refractivity (Wildman–Crippen MR) is 106 cm³/mol. The molecule has 1 amide bonds. The van der Waals surface area contributed by atoms with Crippen molar-refractivity contribution in [2.24, 2.45) is 0 Å². The largest absolute Gasteiger partial charge is 0.469 e. The third-order valence-corrected chi connectivity index (χ3v) is 4.41. The van der Waals surface area contributed by atoms with Crippen LogP contribution in [0.15, 0.2) is 59.5 Å². The number of carbonyl (C=O) groups is 1. The fourth-order valence-electron chi connectivity index (χ4n) is 2.78. The highest BCUT2D eigenvalue weighted by molar-refractivity contribution is 6.31. The molecule has 4 rings (SSSR count). The molecule has 0 atom stereocenters. The van der Waals surface area contributed by atoms with Crippen molar-refractivity contribution in [2.45, 2.75) is 6.92 Å². The van der Waals surface area contributed by atoms with E-state index < -0.39 is 11.7 Å². The number of hydrogen-bond acceptors (Lipinski definition) is 5. The van der Waals surface area contributed by atoms with Crippen molar-refractivity contribution >= 4 is 45.6 Å². The summed E-state index contributed by atoms with van der Waals surface area (Å²) in [5, 5.41) is 7.01. The summed E-state index contributed by atoms with van der Waals surface area (Å²) in [7, 11) is 0. The first-order valence-corrected chi connectivity index (χ1v) is 8.71. The molecule has 0 saturated carbocycles. The van der Waals surface area contributed by atoms with Gasteiger partial charge in [-0.25, -0.2) is 14.4 Å². The maximum atomic E-state index is 14.2. The molecule has 2 aromatic carbocycles. The monoisotopic (exact) mass is 396 g/mol. The van der Waals surface area contributed by atoms with E-state index in [0.717, 1.165) is 5.39 Å². The molecule has 0 aliphatic heterocycles. The molecule has 0 spiro atoms. The summed E-state index contributed by atoms with van der Waals surface area (Å²) in [6.07, 6.45) is 2.82. The normalized spacial score (nSPS) is 10.8. The average Bonchev–Trinajstić information content (AvgIpc) is 3.10. The van der Waals surface area contributed by atoms with Crippen LogP contribution in [0, 0.1) is 12.7 Å². The number of anilines is 3. The van der Waals surface area contributed by atoms with Gasteiger partial charge in [0, 0.05) is 16.1 Å². The minimum Gasteiger partial charge on any atom is -0.469 e. The summed E-state index contributed by atoms with van der Waals surface area (Å²) in [5.74, 6) is -0.0154. The molecule has 0 bridgehead atoms. The Balaban J connectivity index is 1.63. The second-order valence-corrected chi connectivity index (χ2v) is 6.48. The van der Waals surface area contributed by atoms with Crippen LogP contribution >= 0.6 is 11.6 Å². The minimum absolute atomic E-state index is 0.0389. The molecule has 4 aromatic rings. The molecule has 28 heavy (non-hydrogen) atoms. The van der Waals surface area contributed by atoms with Crippen LogP contribution in [0.1, 0.15) is 16.1 Å². The Bertz CT molecular complexity index is 1190. The fraction of sp³-hybridized carbons (Fsp3) is 0.0500. The van der Waals surface area contributed by atoms with Crippen LogP contribution in [0.25, 0.3) is 10.9 Å². The van der Waals surface area contributed by atoms with E-state index in [2.05, 4.69) is 20.6 Å². The lowest BCUT2D eigenvalue weighted by molar-refractivity contribution is 0.102. The van der Waals surface area contributed by atoms with E-state index in [1.54, 1.807) is 31.2 Å². The third kappa shape index (κ3) is 3.52. The molecule has 0 aliphatic carbocycles. The lowest BCUT2D eigenvalue weighted by Crippen LogP contribution is -2.13. The fourth-order valence-corrected chi connectivity index (χ4v) is 2.94. The van der Waals surface area contributed by atoms with Crippen molar-refractivity contribution in [3.8, 4) is 0 Å². The predicted octanol–water partition coefficient (Wildman–Crippen LogP) is 5.32. The smallest absolute Gasteiger partial charge is 0.259 e. The Morgan fingerprint density at radius 1 is 1.14 bits per heavy atom. The maximum Gasteiger partial charge on any atom is 0.259 e. The van der Waals surface area contributed by atoms with Crippen LogP contribution in [-0.4, -0.2) is 15.9 Å². The molecule has 0 radical (unpaired) electrons. The first kappa shape index (κ1) is 17.9. The Morgan fingerprint density at radius 3 is 2.79 bits per heavy atom. The third-order valence-electron chi connectivity index (χ3n) is 4.18. The Hall–Kier alpha value is -3.45. The number of nitrogens with zero attached hydrogens (tertiary/aromatic N) is 2. The summed E-state index contributed by atoms with van der Waals surface area (Å²) in [5.41, 5.74) is 1.61. The van der Waals surface area contributed by atoms with Gasteiger partial charge in [-0.2, -0.15) is 0 Å². The molecule has 0 fully saturated rings. The van der Waals surface area contributed by atoms with Crippen molar-refractivity contribution in [2.75, 3.05) is 10.6 Å². The van der Waals surface area contributed by atoms with Crippen LogP contribution in [0.5, 0.6) is 0 Å². The zero-order valence-corrected chi connectivity index (χ0v) is 15.4. The van der Waals surface area contributed by atoms with Crippen molar-refractivity contribution < 1.29 is 13.6 Å². The van der Waals surface area contributed by atoms with Gasteiger partial charge in [0.1, 0.15) is 23.7 Å². The molecular formula is C20H14ClFN4O2. The second kappa shape index (κ2) is 7.28. The molecule has 0 aliphatic rings. The molecule has 2 heterocycles. The van der Waals surface area contributed by atoms with Crippen molar-refractivity contribution in [1.29, 1.82) is 0 Å². The first-order valence-electron chi connectivity index (χ1n) is 8.33. The van der Waals surface area contributed by atoms with Crippen molar-refractivity contribution in [3.05, 3.63) is 77.2 Å². The number of benzene rings is 2. The maximum absolute atomic E-state index is 14.2. The van der Waals surface area contributed by atoms with Gasteiger partial charge in [-0.1, -0.05) is 11.6 Å². The second-order valence-electron chi connectivity index (χ2n) is 6.05. The zero-order chi connectivity index (χ0) is 19.7. The number of aryl methyl sites for hydroxylation is 1. The number of aromatic nitrogens is 2. The summed E-state index contributed by atoms with van der Waals surface area (Å²) < 4.78 is 19.3. The minimum atomic E-state index is -0.556. The van der Waals surface area contributed by atoms with E-state index in [-0.39, 0.29) is 5.69 Å². The van der Waals surface area contributed by atoms with Gasteiger partial charge in [-0.3, -0.25) is 4.79 Å². The molecule has 0 saturated heterocycles. The van der Waals surface area contributed by atoms with Gasteiger partial charge in [0.05, 0.1) is 23.0 Å². The molecule has 8 heteroatoms. The zero-order valence-electron chi connectivity index (χ0n) is 14.7. The van der Waals surface area contributed by atoms with Crippen LogP contribution in [0.4, 0.5) is 21.6 Å². The Kier molecular flexibility index (Phi) is 4.67. The van der Waals surface area contributed by atoms with Gasteiger partial charge in [0.2, 0.25) is 0 Å². The molecule has 0 unspecified atom stereocenters. The summed E-state index contributed by atoms with van der Waals surface area (Å²) in [6.45, 7) is 1.66. The van der Waals surface area contributed by atoms with Crippen molar-refractivity contribution in [3.63, 3.8) is 0 Å². The van der Waals surface area contributed by atoms with Gasteiger partial charge in [-0.15, -0.1) is 0 Å². The van der Waals surface area contributed by atoms with Crippen molar-refractivity contribution in [1.82, 2.24) is 9.97 Å². The summed E-state index contributed by atoms with van der Waals surface area (Å²) >= 11 is 6.00. The van der Waals surface area contributed by atoms with E-state index >= 15 is 0 Å². The van der Waals surface area contributed by atoms with Gasteiger partial charge in [-0.05, 0) is 49.4 Å². The topological polar surface area (TPSA) is 80.0 Å². The Morgan fingerprint density at radius 2 is 2.00 bits per heavy atom. The van der Waals surface area contributed by atoms with Gasteiger partial charge in [0.15, 0.2) is 0 Å². The number of fused-ring (bicyclic) bond motifs is 1. The number of nitrogens with one attached hydrogen (secondary N) is 2. The molecule has 6 nitrogen and oxygen atoms in total. The van der Waals surface area contributed by atoms with E-state index in [4.69, 9.17) is 16.0 Å². The number of carbonyl (C=O) groups excluding carboxylic acids is 1. The van der Waals surface area contributed by atoms with Crippen LogP contribution < -0.4 is 10.6 Å². The number of halogens is 2. The Labute approximate surface area is 164 Å². The van der Waals surface area contributed by atoms with Crippen LogP contribution in [0.3, 0.4) is 0 Å². The molecule has 2 N–H and O–H groups in total. The first-order chi connectivity index (χ1) is 13.5. The lowest BCUT2D eigenvalue weighted by Gasteiger charge is -2.11. The SMILES string of the molecule is Cc1occc1C(=O)Nc1cc(Nc2ncnc3cc(Cl)ccc23)ccc1F. The lowest BCUT2D eigenvalue weighted by atomic mass is 10.2. The summed E-state index contributed by atoms with van der Waals surface area (Å²) in [6, 6.07) is 11.1. The van der Waals surface area contributed by atoms with E-state index in [1.807, 2.05) is 0 Å². The summed E-state index contributed by atoms with van der Waals surface area (Å²) in [4.78, 5) is 20.8. The van der Waals surface area contributed by atoms with Crippen LogP contribution in [-0.2, 0) is 0 Å². The van der Waals surface area contributed by atoms with Gasteiger partial charge in [0.25, 0.3) is 5.91 Å². The highest BCUT2D eigenvalue weighted by Gasteiger charge is 2.14. The number of amides is 1. The standard InChI is InChI=1S/C20H14ClFN4O2/c1-11-14(6-7-28-11)20(27)26-18-9-13(3-5-16(18)22)25-19-15-4-2-12(21)8-17(15)23-10-24-19/h2-10H,1H3,(H,26,27)(H,23,24,25). The average molecular weight is 397 g/mol. The molecule has 140 valence electrons. The quantitative estimate of drug-likeness (QED) is 0.488. The van der Waals surface area contributed by atoms with Crippen LogP contribution in [0.2, 0.25) is 5.02 Å². The van der Waals surface area contributed by atoms with E-state index in [9.17, 15) is 9.18 Å². The van der Waals surface area contributed by atoms with Gasteiger partial charge >= 0.3 is 0 Å². The number of furan rings is 1. The van der Waals surface area contributed by atoms with E-state index in [0.29, 0.717) is 33.4 Å². The highest BCUT2D eigenvalue weighted by atomic mass is 35.5.